The van der Waals surface area contributed by atoms with Crippen LogP contribution in [0, 0.1) is 5.92 Å². The molecule has 146 valence electrons. The molecular formula is C19H24N2O4S2. The third kappa shape index (κ3) is 5.37. The molecule has 2 heterocycles. The molecule has 8 heteroatoms. The molecule has 1 aliphatic heterocycles. The van der Waals surface area contributed by atoms with E-state index >= 15 is 0 Å². The molecule has 0 aliphatic carbocycles. The van der Waals surface area contributed by atoms with Crippen molar-refractivity contribution in [2.45, 2.75) is 12.5 Å². The average molecular weight is 409 g/mol. The van der Waals surface area contributed by atoms with Crippen LogP contribution in [-0.2, 0) is 17.1 Å². The smallest absolute Gasteiger partial charge is 0.258 e. The average Bonchev–Trinajstić information content (AvgIpc) is 2.63. The topological polar surface area (TPSA) is 77.4 Å². The number of thioether (sulfide) groups is 1. The van der Waals surface area contributed by atoms with E-state index < -0.39 is 10.0 Å². The molecule has 1 aromatic heterocycles. The van der Waals surface area contributed by atoms with E-state index in [2.05, 4.69) is 4.72 Å². The Labute approximate surface area is 164 Å². The summed E-state index contributed by atoms with van der Waals surface area (Å²) < 4.78 is 33.3. The van der Waals surface area contributed by atoms with Gasteiger partial charge >= 0.3 is 0 Å². The molecule has 1 aromatic carbocycles. The zero-order valence-electron chi connectivity index (χ0n) is 15.4. The molecule has 3 rings (SSSR count). The number of sulfonamides is 1. The molecule has 2 aromatic rings. The summed E-state index contributed by atoms with van der Waals surface area (Å²) in [6.07, 6.45) is 3.73. The first kappa shape index (κ1) is 20.0. The summed E-state index contributed by atoms with van der Waals surface area (Å²) in [5.74, 6) is 2.65. The molecule has 27 heavy (non-hydrogen) atoms. The van der Waals surface area contributed by atoms with Crippen molar-refractivity contribution in [3.05, 3.63) is 52.9 Å². The number of rotatable bonds is 6. The molecule has 6 nitrogen and oxygen atoms in total. The van der Waals surface area contributed by atoms with E-state index in [0.717, 1.165) is 23.5 Å². The summed E-state index contributed by atoms with van der Waals surface area (Å²) in [5.41, 5.74) is 1.45. The highest BCUT2D eigenvalue weighted by atomic mass is 32.2. The van der Waals surface area contributed by atoms with Crippen molar-refractivity contribution >= 4 is 21.8 Å². The van der Waals surface area contributed by atoms with Gasteiger partial charge in [0.25, 0.3) is 5.56 Å². The van der Waals surface area contributed by atoms with Gasteiger partial charge in [-0.25, -0.2) is 13.1 Å². The minimum absolute atomic E-state index is 0.0416. The van der Waals surface area contributed by atoms with Crippen molar-refractivity contribution in [3.63, 3.8) is 0 Å². The van der Waals surface area contributed by atoms with E-state index in [4.69, 9.17) is 4.74 Å². The number of nitrogens with zero attached hydrogens (tertiary/aromatic N) is 1. The number of nitrogens with one attached hydrogen (secondary N) is 1. The van der Waals surface area contributed by atoms with Gasteiger partial charge in [0.05, 0.1) is 12.9 Å². The monoisotopic (exact) mass is 408 g/mol. The molecule has 0 spiro atoms. The molecule has 1 N–H and O–H groups in total. The maximum Gasteiger partial charge on any atom is 0.258 e. The number of aromatic nitrogens is 1. The van der Waals surface area contributed by atoms with Gasteiger partial charge in [-0.15, -0.1) is 0 Å². The standard InChI is InChI=1S/C19H24N2O4S2/c1-21-10-3-4-17(19(21)22)14-5-7-16(8-6-14)25-12-15-13-26-11-9-18(15)20-27(2,23)24/h3-8,10,15,18,20H,9,11-13H2,1-2H3. The summed E-state index contributed by atoms with van der Waals surface area (Å²) in [6.45, 7) is 0.451. The molecule has 2 unspecified atom stereocenters. The van der Waals surface area contributed by atoms with Gasteiger partial charge < -0.3 is 9.30 Å². The molecule has 0 amide bonds. The molecule has 1 fully saturated rings. The number of benzene rings is 1. The van der Waals surface area contributed by atoms with Gasteiger partial charge in [-0.2, -0.15) is 11.8 Å². The van der Waals surface area contributed by atoms with Crippen molar-refractivity contribution in [3.8, 4) is 16.9 Å². The van der Waals surface area contributed by atoms with Gasteiger partial charge in [0.1, 0.15) is 5.75 Å². The first-order chi connectivity index (χ1) is 12.8. The van der Waals surface area contributed by atoms with Gasteiger partial charge in [-0.1, -0.05) is 12.1 Å². The minimum atomic E-state index is -3.23. The van der Waals surface area contributed by atoms with Gasteiger partial charge in [0.2, 0.25) is 10.0 Å². The number of hydrogen-bond donors (Lipinski definition) is 1. The molecule has 1 saturated heterocycles. The number of aryl methyl sites for hydroxylation is 1. The largest absolute Gasteiger partial charge is 0.493 e. The summed E-state index contributed by atoms with van der Waals surface area (Å²) in [6, 6.07) is 11.0. The van der Waals surface area contributed by atoms with Crippen LogP contribution in [0.15, 0.2) is 47.4 Å². The van der Waals surface area contributed by atoms with Crippen molar-refractivity contribution < 1.29 is 13.2 Å². The Kier molecular flexibility index (Phi) is 6.29. The van der Waals surface area contributed by atoms with E-state index in [1.54, 1.807) is 23.9 Å². The lowest BCUT2D eigenvalue weighted by Gasteiger charge is -2.31. The number of pyridine rings is 1. The van der Waals surface area contributed by atoms with Crippen LogP contribution in [-0.4, -0.2) is 43.4 Å². The fourth-order valence-electron chi connectivity index (χ4n) is 3.14. The van der Waals surface area contributed by atoms with E-state index in [0.29, 0.717) is 17.9 Å². The Morgan fingerprint density at radius 2 is 2.00 bits per heavy atom. The second-order valence-corrected chi connectivity index (χ2v) is 9.72. The second kappa shape index (κ2) is 8.50. The Morgan fingerprint density at radius 3 is 2.70 bits per heavy atom. The fourth-order valence-corrected chi connectivity index (χ4v) is 5.22. The van der Waals surface area contributed by atoms with E-state index in [1.807, 2.05) is 42.1 Å². The minimum Gasteiger partial charge on any atom is -0.493 e. The third-order valence-corrected chi connectivity index (χ3v) is 6.51. The lowest BCUT2D eigenvalue weighted by atomic mass is 10.0. The van der Waals surface area contributed by atoms with Crippen LogP contribution in [0.2, 0.25) is 0 Å². The van der Waals surface area contributed by atoms with Crippen LogP contribution in [0.3, 0.4) is 0 Å². The van der Waals surface area contributed by atoms with E-state index in [9.17, 15) is 13.2 Å². The predicted octanol–water partition coefficient (Wildman–Crippen LogP) is 2.10. The van der Waals surface area contributed by atoms with Crippen LogP contribution in [0.25, 0.3) is 11.1 Å². The van der Waals surface area contributed by atoms with Crippen LogP contribution in [0.4, 0.5) is 0 Å². The van der Waals surface area contributed by atoms with Gasteiger partial charge in [-0.3, -0.25) is 4.79 Å². The Bertz CT molecular complexity index is 939. The lowest BCUT2D eigenvalue weighted by Crippen LogP contribution is -2.45. The predicted molar refractivity (Wildman–Crippen MR) is 110 cm³/mol. The second-order valence-electron chi connectivity index (χ2n) is 6.79. The van der Waals surface area contributed by atoms with Gasteiger partial charge in [0, 0.05) is 36.5 Å². The molecule has 2 atom stereocenters. The molecule has 0 bridgehead atoms. The number of hydrogen-bond acceptors (Lipinski definition) is 5. The maximum atomic E-state index is 12.2. The lowest BCUT2D eigenvalue weighted by molar-refractivity contribution is 0.229. The van der Waals surface area contributed by atoms with Crippen molar-refractivity contribution in [2.24, 2.45) is 13.0 Å². The van der Waals surface area contributed by atoms with Crippen molar-refractivity contribution in [1.82, 2.24) is 9.29 Å². The van der Waals surface area contributed by atoms with Gasteiger partial charge in [-0.05, 0) is 42.0 Å². The first-order valence-electron chi connectivity index (χ1n) is 8.77. The molecule has 0 saturated carbocycles. The van der Waals surface area contributed by atoms with Crippen LogP contribution in [0.1, 0.15) is 6.42 Å². The van der Waals surface area contributed by atoms with Crippen LogP contribution in [0.5, 0.6) is 5.75 Å². The Morgan fingerprint density at radius 1 is 1.26 bits per heavy atom. The highest BCUT2D eigenvalue weighted by Gasteiger charge is 2.28. The Balaban J connectivity index is 1.66. The maximum absolute atomic E-state index is 12.2. The van der Waals surface area contributed by atoms with E-state index in [1.165, 1.54) is 6.26 Å². The van der Waals surface area contributed by atoms with Crippen LogP contribution < -0.4 is 15.0 Å². The summed E-state index contributed by atoms with van der Waals surface area (Å²) in [5, 5.41) is 0. The van der Waals surface area contributed by atoms with E-state index in [-0.39, 0.29) is 17.5 Å². The first-order valence-corrected chi connectivity index (χ1v) is 11.8. The fraction of sp³-hybridized carbons (Fsp3) is 0.421. The van der Waals surface area contributed by atoms with Gasteiger partial charge in [0.15, 0.2) is 0 Å². The zero-order chi connectivity index (χ0) is 19.4. The molecular weight excluding hydrogens is 384 g/mol. The SMILES string of the molecule is Cn1cccc(-c2ccc(OCC3CSCCC3NS(C)(=O)=O)cc2)c1=O. The normalized spacial score (nSPS) is 20.4. The van der Waals surface area contributed by atoms with Crippen molar-refractivity contribution in [1.29, 1.82) is 0 Å². The Hall–Kier alpha value is -1.77. The summed E-state index contributed by atoms with van der Waals surface area (Å²) >= 11 is 1.82. The van der Waals surface area contributed by atoms with Crippen LogP contribution >= 0.6 is 11.8 Å². The third-order valence-electron chi connectivity index (χ3n) is 4.59. The summed E-state index contributed by atoms with van der Waals surface area (Å²) in [7, 11) is -1.50. The molecule has 0 radical (unpaired) electrons. The zero-order valence-corrected chi connectivity index (χ0v) is 17.1. The van der Waals surface area contributed by atoms with Crippen molar-refractivity contribution in [2.75, 3.05) is 24.4 Å². The highest BCUT2D eigenvalue weighted by Crippen LogP contribution is 2.26. The molecule has 1 aliphatic rings. The quantitative estimate of drug-likeness (QED) is 0.792. The highest BCUT2D eigenvalue weighted by molar-refractivity contribution is 7.99. The summed E-state index contributed by atoms with van der Waals surface area (Å²) in [4.78, 5) is 12.2. The number of ether oxygens (including phenoxy) is 1.